The van der Waals surface area contributed by atoms with Gasteiger partial charge in [-0.3, -0.25) is 9.69 Å². The smallest absolute Gasteiger partial charge is 0.407 e. The third kappa shape index (κ3) is 3.83. The lowest BCUT2D eigenvalue weighted by Crippen LogP contribution is -2.53. The molecule has 0 aromatic rings. The molecule has 1 saturated carbocycles. The Morgan fingerprint density at radius 1 is 1.32 bits per heavy atom. The fraction of sp³-hybridized carbons (Fsp3) is 0.846. The first-order valence-corrected chi connectivity index (χ1v) is 6.89. The van der Waals surface area contributed by atoms with E-state index in [-0.39, 0.29) is 17.9 Å². The van der Waals surface area contributed by atoms with Crippen LogP contribution in [-0.2, 0) is 14.3 Å². The van der Waals surface area contributed by atoms with E-state index in [9.17, 15) is 9.59 Å². The highest BCUT2D eigenvalue weighted by atomic mass is 16.5. The van der Waals surface area contributed by atoms with E-state index in [4.69, 9.17) is 9.47 Å². The summed E-state index contributed by atoms with van der Waals surface area (Å²) >= 11 is 0. The molecular formula is C13H22N2O4. The Bertz CT molecular complexity index is 344. The van der Waals surface area contributed by atoms with Gasteiger partial charge >= 0.3 is 12.1 Å². The number of hydrogen-bond acceptors (Lipinski definition) is 5. The number of carbonyl (C=O) groups is 2. The van der Waals surface area contributed by atoms with Gasteiger partial charge in [-0.25, -0.2) is 4.79 Å². The van der Waals surface area contributed by atoms with E-state index < -0.39 is 6.09 Å². The molecule has 6 heteroatoms. The summed E-state index contributed by atoms with van der Waals surface area (Å²) in [6.45, 7) is 3.65. The number of methoxy groups -OCH3 is 1. The molecule has 2 unspecified atom stereocenters. The summed E-state index contributed by atoms with van der Waals surface area (Å²) in [4.78, 5) is 25.5. The maximum Gasteiger partial charge on any atom is 0.407 e. The van der Waals surface area contributed by atoms with E-state index in [0.717, 1.165) is 13.1 Å². The van der Waals surface area contributed by atoms with E-state index in [0.29, 0.717) is 19.1 Å². The molecule has 0 aromatic carbocycles. The van der Waals surface area contributed by atoms with E-state index in [1.54, 1.807) is 6.92 Å². The molecule has 0 radical (unpaired) electrons. The maximum absolute atomic E-state index is 11.7. The highest BCUT2D eigenvalue weighted by Crippen LogP contribution is 2.31. The fourth-order valence-corrected chi connectivity index (χ4v) is 2.65. The number of esters is 1. The molecule has 0 bridgehead atoms. The van der Waals surface area contributed by atoms with Gasteiger partial charge in [0, 0.05) is 25.2 Å². The van der Waals surface area contributed by atoms with Crippen LogP contribution >= 0.6 is 0 Å². The number of amides is 1. The summed E-state index contributed by atoms with van der Waals surface area (Å²) in [5.41, 5.74) is 0. The number of nitrogens with one attached hydrogen (secondary N) is 1. The lowest BCUT2D eigenvalue weighted by molar-refractivity contribution is -0.147. The first-order chi connectivity index (χ1) is 9.13. The summed E-state index contributed by atoms with van der Waals surface area (Å²) < 4.78 is 9.72. The van der Waals surface area contributed by atoms with Gasteiger partial charge in [-0.1, -0.05) is 0 Å². The van der Waals surface area contributed by atoms with Crippen LogP contribution in [-0.4, -0.2) is 55.9 Å². The molecule has 2 fully saturated rings. The number of carbonyl (C=O) groups excluding carboxylic acids is 2. The Kier molecular flexibility index (Phi) is 4.63. The molecule has 1 heterocycles. The van der Waals surface area contributed by atoms with E-state index >= 15 is 0 Å². The molecular weight excluding hydrogens is 248 g/mol. The molecule has 1 amide bonds. The Morgan fingerprint density at radius 3 is 2.63 bits per heavy atom. The number of likely N-dealkylation sites (tertiary alicyclic amines) is 1. The van der Waals surface area contributed by atoms with Crippen LogP contribution in [0.2, 0.25) is 0 Å². The van der Waals surface area contributed by atoms with Crippen molar-refractivity contribution in [2.45, 2.75) is 38.3 Å². The van der Waals surface area contributed by atoms with E-state index in [1.165, 1.54) is 20.0 Å². The molecule has 1 aliphatic carbocycles. The van der Waals surface area contributed by atoms with Gasteiger partial charge in [0.05, 0.1) is 19.6 Å². The lowest BCUT2D eigenvalue weighted by atomic mass is 9.94. The van der Waals surface area contributed by atoms with Crippen LogP contribution in [0.15, 0.2) is 0 Å². The molecule has 2 aliphatic rings. The molecule has 0 aromatic heterocycles. The number of piperidine rings is 1. The maximum atomic E-state index is 11.7. The number of rotatable bonds is 4. The molecule has 1 N–H and O–H groups in total. The fourth-order valence-electron chi connectivity index (χ4n) is 2.65. The zero-order valence-electron chi connectivity index (χ0n) is 11.6. The van der Waals surface area contributed by atoms with Gasteiger partial charge < -0.3 is 14.8 Å². The van der Waals surface area contributed by atoms with Crippen LogP contribution < -0.4 is 5.32 Å². The molecule has 6 nitrogen and oxygen atoms in total. The highest BCUT2D eigenvalue weighted by Gasteiger charge is 2.39. The predicted molar refractivity (Wildman–Crippen MR) is 68.7 cm³/mol. The molecule has 2 atom stereocenters. The highest BCUT2D eigenvalue weighted by molar-refractivity contribution is 5.73. The summed E-state index contributed by atoms with van der Waals surface area (Å²) in [5, 5.41) is 2.83. The van der Waals surface area contributed by atoms with E-state index in [2.05, 4.69) is 10.2 Å². The summed E-state index contributed by atoms with van der Waals surface area (Å²) in [6.07, 6.45) is 2.57. The summed E-state index contributed by atoms with van der Waals surface area (Å²) in [7, 11) is 1.41. The summed E-state index contributed by atoms with van der Waals surface area (Å²) in [5.74, 6) is -0.354. The van der Waals surface area contributed by atoms with Gasteiger partial charge in [-0.15, -0.1) is 0 Å². The predicted octanol–water partition coefficient (Wildman–Crippen LogP) is 0.758. The van der Waals surface area contributed by atoms with Crippen molar-refractivity contribution in [3.05, 3.63) is 0 Å². The number of nitrogens with zero attached hydrogens (tertiary/aromatic N) is 1. The number of hydrogen-bond donors (Lipinski definition) is 1. The minimum atomic E-state index is -0.409. The average molecular weight is 270 g/mol. The Balaban J connectivity index is 1.93. The van der Waals surface area contributed by atoms with Crippen molar-refractivity contribution in [3.63, 3.8) is 0 Å². The second-order valence-electron chi connectivity index (χ2n) is 5.20. The minimum Gasteiger partial charge on any atom is -0.469 e. The second-order valence-corrected chi connectivity index (χ2v) is 5.20. The topological polar surface area (TPSA) is 67.9 Å². The van der Waals surface area contributed by atoms with Crippen molar-refractivity contribution in [1.29, 1.82) is 0 Å². The van der Waals surface area contributed by atoms with Crippen LogP contribution in [0.5, 0.6) is 0 Å². The normalized spacial score (nSPS) is 27.7. The van der Waals surface area contributed by atoms with Crippen molar-refractivity contribution in [2.75, 3.05) is 26.8 Å². The SMILES string of the molecule is CCOC(=O)NC1CC(C(=O)OC)CN(C2CC2)C1. The lowest BCUT2D eigenvalue weighted by Gasteiger charge is -2.36. The quantitative estimate of drug-likeness (QED) is 0.764. The molecule has 1 aliphatic heterocycles. The van der Waals surface area contributed by atoms with Gasteiger partial charge in [-0.05, 0) is 26.2 Å². The van der Waals surface area contributed by atoms with Crippen LogP contribution in [0.4, 0.5) is 4.79 Å². The van der Waals surface area contributed by atoms with Crippen molar-refractivity contribution in [3.8, 4) is 0 Å². The summed E-state index contributed by atoms with van der Waals surface area (Å²) in [6, 6.07) is 0.524. The zero-order chi connectivity index (χ0) is 13.8. The monoisotopic (exact) mass is 270 g/mol. The van der Waals surface area contributed by atoms with Crippen LogP contribution in [0.1, 0.15) is 26.2 Å². The minimum absolute atomic E-state index is 0.0440. The molecule has 2 rings (SSSR count). The van der Waals surface area contributed by atoms with Crippen molar-refractivity contribution in [2.24, 2.45) is 5.92 Å². The van der Waals surface area contributed by atoms with Crippen LogP contribution in [0.25, 0.3) is 0 Å². The van der Waals surface area contributed by atoms with Crippen molar-refractivity contribution in [1.82, 2.24) is 10.2 Å². The first-order valence-electron chi connectivity index (χ1n) is 6.89. The number of alkyl carbamates (subject to hydrolysis) is 1. The van der Waals surface area contributed by atoms with Crippen LogP contribution in [0.3, 0.4) is 0 Å². The molecule has 1 saturated heterocycles. The van der Waals surface area contributed by atoms with Gasteiger partial charge in [-0.2, -0.15) is 0 Å². The van der Waals surface area contributed by atoms with Crippen molar-refractivity contribution < 1.29 is 19.1 Å². The van der Waals surface area contributed by atoms with Crippen LogP contribution in [0, 0.1) is 5.92 Å². The number of ether oxygens (including phenoxy) is 2. The standard InChI is InChI=1S/C13H22N2O4/c1-3-19-13(17)14-10-6-9(12(16)18-2)7-15(8-10)11-4-5-11/h9-11H,3-8H2,1-2H3,(H,14,17). The first kappa shape index (κ1) is 14.1. The van der Waals surface area contributed by atoms with Gasteiger partial charge in [0.2, 0.25) is 0 Å². The van der Waals surface area contributed by atoms with Crippen molar-refractivity contribution >= 4 is 12.1 Å². The average Bonchev–Trinajstić information content (AvgIpc) is 3.22. The third-order valence-corrected chi connectivity index (χ3v) is 3.67. The zero-order valence-corrected chi connectivity index (χ0v) is 11.6. The molecule has 19 heavy (non-hydrogen) atoms. The largest absolute Gasteiger partial charge is 0.469 e. The molecule has 108 valence electrons. The Labute approximate surface area is 113 Å². The van der Waals surface area contributed by atoms with Gasteiger partial charge in [0.15, 0.2) is 0 Å². The Morgan fingerprint density at radius 2 is 2.05 bits per heavy atom. The van der Waals surface area contributed by atoms with E-state index in [1.807, 2.05) is 0 Å². The van der Waals surface area contributed by atoms with Gasteiger partial charge in [0.1, 0.15) is 0 Å². The Hall–Kier alpha value is -1.30. The third-order valence-electron chi connectivity index (χ3n) is 3.67. The van der Waals surface area contributed by atoms with Gasteiger partial charge in [0.25, 0.3) is 0 Å². The molecule has 0 spiro atoms. The second kappa shape index (κ2) is 6.23.